The SMILES string of the molecule is CN(C)S(=O)(=O)C1CN(c2ccccn2)CC=C1C(=O)O. The molecule has 0 saturated heterocycles. The number of rotatable bonds is 4. The van der Waals surface area contributed by atoms with E-state index in [0.29, 0.717) is 12.4 Å². The minimum absolute atomic E-state index is 0.0651. The first-order valence-corrected chi connectivity index (χ1v) is 7.85. The van der Waals surface area contributed by atoms with Gasteiger partial charge in [0.15, 0.2) is 0 Å². The summed E-state index contributed by atoms with van der Waals surface area (Å²) in [5.74, 6) is -0.580. The monoisotopic (exact) mass is 311 g/mol. The molecule has 1 N–H and O–H groups in total. The van der Waals surface area contributed by atoms with Crippen LogP contribution >= 0.6 is 0 Å². The summed E-state index contributed by atoms with van der Waals surface area (Å²) in [6.07, 6.45) is 3.05. The maximum Gasteiger partial charge on any atom is 0.332 e. The van der Waals surface area contributed by atoms with E-state index in [4.69, 9.17) is 0 Å². The Hall–Kier alpha value is -1.93. The van der Waals surface area contributed by atoms with Gasteiger partial charge in [0.1, 0.15) is 11.1 Å². The summed E-state index contributed by atoms with van der Waals surface area (Å²) in [6.45, 7) is 0.383. The van der Waals surface area contributed by atoms with Gasteiger partial charge in [-0.15, -0.1) is 0 Å². The fraction of sp³-hybridized carbons (Fsp3) is 0.385. The number of hydrogen-bond donors (Lipinski definition) is 1. The van der Waals surface area contributed by atoms with Crippen LogP contribution in [0, 0.1) is 0 Å². The molecule has 1 aromatic heterocycles. The van der Waals surface area contributed by atoms with Gasteiger partial charge < -0.3 is 10.0 Å². The molecule has 0 spiro atoms. The largest absolute Gasteiger partial charge is 0.478 e. The molecule has 1 aliphatic rings. The highest BCUT2D eigenvalue weighted by atomic mass is 32.2. The van der Waals surface area contributed by atoms with Crippen molar-refractivity contribution in [2.45, 2.75) is 5.25 Å². The summed E-state index contributed by atoms with van der Waals surface area (Å²) in [4.78, 5) is 17.2. The van der Waals surface area contributed by atoms with Crippen molar-refractivity contribution in [3.63, 3.8) is 0 Å². The highest BCUT2D eigenvalue weighted by molar-refractivity contribution is 7.90. The molecule has 8 heteroatoms. The normalized spacial score (nSPS) is 19.5. The molecule has 0 fully saturated rings. The predicted molar refractivity (Wildman–Crippen MR) is 78.6 cm³/mol. The minimum Gasteiger partial charge on any atom is -0.478 e. The standard InChI is InChI=1S/C13H17N3O4S/c1-15(2)21(19,20)11-9-16(8-6-10(11)13(17)18)12-5-3-4-7-14-12/h3-7,11H,8-9H2,1-2H3,(H,17,18). The molecule has 0 radical (unpaired) electrons. The number of hydrogen-bond acceptors (Lipinski definition) is 5. The third-order valence-corrected chi connectivity index (χ3v) is 5.49. The number of carboxylic acids is 1. The minimum atomic E-state index is -3.72. The zero-order valence-electron chi connectivity index (χ0n) is 11.8. The van der Waals surface area contributed by atoms with E-state index in [2.05, 4.69) is 4.98 Å². The Morgan fingerprint density at radius 2 is 2.14 bits per heavy atom. The van der Waals surface area contributed by atoms with Crippen molar-refractivity contribution in [1.29, 1.82) is 0 Å². The van der Waals surface area contributed by atoms with Gasteiger partial charge in [0, 0.05) is 33.4 Å². The van der Waals surface area contributed by atoms with E-state index in [9.17, 15) is 18.3 Å². The van der Waals surface area contributed by atoms with Crippen molar-refractivity contribution >= 4 is 21.8 Å². The number of aromatic nitrogens is 1. The molecule has 21 heavy (non-hydrogen) atoms. The number of nitrogens with zero attached hydrogens (tertiary/aromatic N) is 3. The third kappa shape index (κ3) is 3.06. The van der Waals surface area contributed by atoms with Gasteiger partial charge in [0.2, 0.25) is 10.0 Å². The molecular weight excluding hydrogens is 294 g/mol. The summed E-state index contributed by atoms with van der Waals surface area (Å²) >= 11 is 0. The molecular formula is C13H17N3O4S. The van der Waals surface area contributed by atoms with Crippen LogP contribution in [0.3, 0.4) is 0 Å². The summed E-state index contributed by atoms with van der Waals surface area (Å²) < 4.78 is 25.8. The van der Waals surface area contributed by atoms with Gasteiger partial charge in [0.05, 0.1) is 5.57 Å². The van der Waals surface area contributed by atoms with E-state index in [-0.39, 0.29) is 12.1 Å². The maximum atomic E-state index is 12.4. The summed E-state index contributed by atoms with van der Waals surface area (Å²) in [5, 5.41) is 8.11. The van der Waals surface area contributed by atoms with Crippen LogP contribution in [0.15, 0.2) is 36.0 Å². The zero-order valence-corrected chi connectivity index (χ0v) is 12.6. The molecule has 114 valence electrons. The zero-order chi connectivity index (χ0) is 15.6. The van der Waals surface area contributed by atoms with Crippen LogP contribution in [-0.4, -0.2) is 61.2 Å². The van der Waals surface area contributed by atoms with Crippen molar-refractivity contribution < 1.29 is 18.3 Å². The van der Waals surface area contributed by atoms with Gasteiger partial charge in [-0.25, -0.2) is 22.5 Å². The molecule has 0 amide bonds. The van der Waals surface area contributed by atoms with Crippen LogP contribution in [0.25, 0.3) is 0 Å². The van der Waals surface area contributed by atoms with E-state index in [0.717, 1.165) is 4.31 Å². The van der Waals surface area contributed by atoms with E-state index >= 15 is 0 Å². The van der Waals surface area contributed by atoms with Crippen LogP contribution in [0.4, 0.5) is 5.82 Å². The number of aliphatic carboxylic acids is 1. The van der Waals surface area contributed by atoms with E-state index in [1.165, 1.54) is 20.2 Å². The molecule has 1 unspecified atom stereocenters. The summed E-state index contributed by atoms with van der Waals surface area (Å²) in [6, 6.07) is 5.33. The van der Waals surface area contributed by atoms with E-state index in [1.54, 1.807) is 29.3 Å². The fourth-order valence-corrected chi connectivity index (χ4v) is 3.57. The Bertz CT molecular complexity index is 655. The Kier molecular flexibility index (Phi) is 4.29. The first-order chi connectivity index (χ1) is 9.84. The van der Waals surface area contributed by atoms with Gasteiger partial charge >= 0.3 is 5.97 Å². The van der Waals surface area contributed by atoms with E-state index < -0.39 is 21.2 Å². The Balaban J connectivity index is 2.39. The van der Waals surface area contributed by atoms with Crippen molar-refractivity contribution in [3.05, 3.63) is 36.0 Å². The lowest BCUT2D eigenvalue weighted by Crippen LogP contribution is -2.47. The Labute approximate surface area is 123 Å². The lowest BCUT2D eigenvalue weighted by atomic mass is 10.1. The number of pyridine rings is 1. The lowest BCUT2D eigenvalue weighted by molar-refractivity contribution is -0.132. The van der Waals surface area contributed by atoms with Crippen molar-refractivity contribution in [3.8, 4) is 0 Å². The van der Waals surface area contributed by atoms with Crippen LogP contribution in [-0.2, 0) is 14.8 Å². The second-order valence-corrected chi connectivity index (χ2v) is 7.20. The molecule has 1 aromatic rings. The molecule has 7 nitrogen and oxygen atoms in total. The van der Waals surface area contributed by atoms with Crippen molar-refractivity contribution in [2.75, 3.05) is 32.1 Å². The van der Waals surface area contributed by atoms with Gasteiger partial charge in [-0.1, -0.05) is 12.1 Å². The van der Waals surface area contributed by atoms with Gasteiger partial charge in [0.25, 0.3) is 0 Å². The summed E-state index contributed by atoms with van der Waals surface area (Å²) in [7, 11) is -0.926. The predicted octanol–water partition coefficient (Wildman–Crippen LogP) is 0.173. The number of sulfonamides is 1. The average Bonchev–Trinajstić information content (AvgIpc) is 2.47. The van der Waals surface area contributed by atoms with Gasteiger partial charge in [-0.05, 0) is 12.1 Å². The Morgan fingerprint density at radius 1 is 1.43 bits per heavy atom. The van der Waals surface area contributed by atoms with Crippen LogP contribution in [0.5, 0.6) is 0 Å². The van der Waals surface area contributed by atoms with Gasteiger partial charge in [-0.3, -0.25) is 0 Å². The molecule has 2 rings (SSSR count). The van der Waals surface area contributed by atoms with Gasteiger partial charge in [-0.2, -0.15) is 0 Å². The molecule has 0 aromatic carbocycles. The van der Waals surface area contributed by atoms with E-state index in [1.807, 2.05) is 0 Å². The van der Waals surface area contributed by atoms with Crippen LogP contribution in [0.1, 0.15) is 0 Å². The molecule has 1 aliphatic heterocycles. The fourth-order valence-electron chi connectivity index (χ4n) is 2.18. The molecule has 0 bridgehead atoms. The van der Waals surface area contributed by atoms with Crippen molar-refractivity contribution in [2.24, 2.45) is 0 Å². The number of carboxylic acid groups (broad SMARTS) is 1. The topological polar surface area (TPSA) is 90.8 Å². The van der Waals surface area contributed by atoms with Crippen LogP contribution in [0.2, 0.25) is 0 Å². The smallest absolute Gasteiger partial charge is 0.332 e. The maximum absolute atomic E-state index is 12.4. The molecule has 0 saturated carbocycles. The van der Waals surface area contributed by atoms with Crippen LogP contribution < -0.4 is 4.90 Å². The Morgan fingerprint density at radius 3 is 2.67 bits per heavy atom. The summed E-state index contributed by atoms with van der Waals surface area (Å²) in [5.41, 5.74) is -0.0871. The first-order valence-electron chi connectivity index (χ1n) is 6.34. The highest BCUT2D eigenvalue weighted by Gasteiger charge is 2.38. The number of anilines is 1. The first kappa shape index (κ1) is 15.5. The third-order valence-electron chi connectivity index (χ3n) is 3.35. The number of carbonyl (C=O) groups is 1. The molecule has 0 aliphatic carbocycles. The molecule has 2 heterocycles. The molecule has 1 atom stereocenters. The second kappa shape index (κ2) is 5.82. The second-order valence-electron chi connectivity index (χ2n) is 4.87. The highest BCUT2D eigenvalue weighted by Crippen LogP contribution is 2.24. The lowest BCUT2D eigenvalue weighted by Gasteiger charge is -2.33. The average molecular weight is 311 g/mol. The van der Waals surface area contributed by atoms with Crippen molar-refractivity contribution in [1.82, 2.24) is 9.29 Å². The quantitative estimate of drug-likeness (QED) is 0.852.